The highest BCUT2D eigenvalue weighted by Crippen LogP contribution is 2.32. The quantitative estimate of drug-likeness (QED) is 0.709. The maximum absolute atomic E-state index is 10.9. The summed E-state index contributed by atoms with van der Waals surface area (Å²) in [7, 11) is 0. The summed E-state index contributed by atoms with van der Waals surface area (Å²) in [5, 5.41) is 19.4. The highest BCUT2D eigenvalue weighted by atomic mass is 19.4. The Bertz CT molecular complexity index is 643. The van der Waals surface area contributed by atoms with Gasteiger partial charge in [0.1, 0.15) is 0 Å². The Labute approximate surface area is 141 Å². The fourth-order valence-corrected chi connectivity index (χ4v) is 2.76. The first kappa shape index (κ1) is 18.7. The monoisotopic (exact) mass is 361 g/mol. The molecule has 0 atom stereocenters. The lowest BCUT2D eigenvalue weighted by atomic mass is 10.1. The number of rotatable bonds is 1. The molecule has 2 aliphatic rings. The van der Waals surface area contributed by atoms with Crippen molar-refractivity contribution in [2.24, 2.45) is 0 Å². The lowest BCUT2D eigenvalue weighted by Gasteiger charge is -2.35. The third kappa shape index (κ3) is 4.68. The topological polar surface area (TPSA) is 93.1 Å². The van der Waals surface area contributed by atoms with E-state index in [1.165, 1.54) is 21.8 Å². The van der Waals surface area contributed by atoms with Gasteiger partial charge in [-0.2, -0.15) is 13.2 Å². The number of fused-ring (bicyclic) bond motifs is 1. The minimum absolute atomic E-state index is 0.590. The third-order valence-electron chi connectivity index (χ3n) is 3.98. The van der Waals surface area contributed by atoms with Gasteiger partial charge in [-0.1, -0.05) is 6.07 Å². The van der Waals surface area contributed by atoms with Crippen LogP contribution in [0.1, 0.15) is 5.56 Å². The van der Waals surface area contributed by atoms with E-state index in [1.807, 2.05) is 0 Å². The Morgan fingerprint density at radius 1 is 1.08 bits per heavy atom. The number of carbonyl (C=O) groups is 2. The Morgan fingerprint density at radius 3 is 2.20 bits per heavy atom. The summed E-state index contributed by atoms with van der Waals surface area (Å²) in [6.45, 7) is 3.74. The van der Waals surface area contributed by atoms with Crippen molar-refractivity contribution in [2.45, 2.75) is 12.6 Å². The summed E-state index contributed by atoms with van der Waals surface area (Å²) in [5.41, 5.74) is 3.87. The zero-order valence-electron chi connectivity index (χ0n) is 13.2. The van der Waals surface area contributed by atoms with Crippen LogP contribution in [0.2, 0.25) is 0 Å². The van der Waals surface area contributed by atoms with Gasteiger partial charge in [-0.3, -0.25) is 0 Å². The van der Waals surface area contributed by atoms with Crippen LogP contribution in [0.25, 0.3) is 0 Å². The predicted molar refractivity (Wildman–Crippen MR) is 84.1 cm³/mol. The smallest absolute Gasteiger partial charge is 0.475 e. The van der Waals surface area contributed by atoms with Crippen molar-refractivity contribution in [3.05, 3.63) is 23.8 Å². The van der Waals surface area contributed by atoms with E-state index >= 15 is 0 Å². The summed E-state index contributed by atoms with van der Waals surface area (Å²) in [5.74, 6) is -2.76. The van der Waals surface area contributed by atoms with Crippen LogP contribution in [0, 0.1) is 0 Å². The second-order valence-corrected chi connectivity index (χ2v) is 5.54. The number of alkyl halides is 3. The molecular formula is C15H18F3N3O4. The maximum Gasteiger partial charge on any atom is 0.490 e. The number of benzene rings is 1. The normalized spacial score (nSPS) is 16.4. The molecule has 2 aliphatic heterocycles. The van der Waals surface area contributed by atoms with Gasteiger partial charge in [0.15, 0.2) is 0 Å². The predicted octanol–water partition coefficient (Wildman–Crippen LogP) is 2.09. The summed E-state index contributed by atoms with van der Waals surface area (Å²) < 4.78 is 31.7. The molecule has 0 saturated carbocycles. The largest absolute Gasteiger partial charge is 0.490 e. The number of nitrogens with one attached hydrogen (secondary N) is 1. The van der Waals surface area contributed by atoms with Crippen molar-refractivity contribution in [1.82, 2.24) is 4.90 Å². The molecule has 0 radical (unpaired) electrons. The van der Waals surface area contributed by atoms with Crippen LogP contribution in [0.5, 0.6) is 0 Å². The van der Waals surface area contributed by atoms with Gasteiger partial charge >= 0.3 is 18.2 Å². The maximum atomic E-state index is 10.9. The van der Waals surface area contributed by atoms with E-state index in [2.05, 4.69) is 28.4 Å². The molecule has 25 heavy (non-hydrogen) atoms. The number of carboxylic acids is 1. The van der Waals surface area contributed by atoms with Crippen molar-refractivity contribution in [1.29, 1.82) is 0 Å². The standard InChI is InChI=1S/C13H17N3O2.C2HF3O2/c17-13(18)16-8-6-15(7-9-16)12-3-1-2-11-10(12)4-5-14-11;3-2(4,5)1(6)7/h1-3,14H,4-9H2,(H,17,18);(H,6,7). The average molecular weight is 361 g/mol. The van der Waals surface area contributed by atoms with E-state index in [-0.39, 0.29) is 0 Å². The van der Waals surface area contributed by atoms with Crippen LogP contribution >= 0.6 is 0 Å². The van der Waals surface area contributed by atoms with Crippen molar-refractivity contribution in [2.75, 3.05) is 42.9 Å². The lowest BCUT2D eigenvalue weighted by molar-refractivity contribution is -0.192. The van der Waals surface area contributed by atoms with Gasteiger partial charge in [-0.15, -0.1) is 0 Å². The molecule has 0 unspecified atom stereocenters. The first-order valence-corrected chi connectivity index (χ1v) is 7.59. The van der Waals surface area contributed by atoms with Gasteiger partial charge in [-0.05, 0) is 18.6 Å². The molecule has 0 aromatic heterocycles. The van der Waals surface area contributed by atoms with Crippen LogP contribution < -0.4 is 10.2 Å². The van der Waals surface area contributed by atoms with E-state index in [9.17, 15) is 18.0 Å². The highest BCUT2D eigenvalue weighted by Gasteiger charge is 2.38. The van der Waals surface area contributed by atoms with Crippen LogP contribution in [-0.4, -0.2) is 66.1 Å². The Morgan fingerprint density at radius 2 is 1.68 bits per heavy atom. The first-order valence-electron chi connectivity index (χ1n) is 7.59. The summed E-state index contributed by atoms with van der Waals surface area (Å²) in [6, 6.07) is 6.32. The van der Waals surface area contributed by atoms with Crippen LogP contribution in [-0.2, 0) is 11.2 Å². The number of hydrogen-bond donors (Lipinski definition) is 3. The number of piperazine rings is 1. The van der Waals surface area contributed by atoms with Gasteiger partial charge in [0, 0.05) is 49.7 Å². The fraction of sp³-hybridized carbons (Fsp3) is 0.467. The molecule has 2 heterocycles. The lowest BCUT2D eigenvalue weighted by Crippen LogP contribution is -2.48. The van der Waals surface area contributed by atoms with E-state index in [0.29, 0.717) is 13.1 Å². The average Bonchev–Trinajstić information content (AvgIpc) is 3.03. The number of halogens is 3. The van der Waals surface area contributed by atoms with E-state index in [0.717, 1.165) is 26.1 Å². The second kappa shape index (κ2) is 7.49. The van der Waals surface area contributed by atoms with Gasteiger partial charge < -0.3 is 25.3 Å². The van der Waals surface area contributed by atoms with E-state index in [1.54, 1.807) is 0 Å². The summed E-state index contributed by atoms with van der Waals surface area (Å²) >= 11 is 0. The number of amides is 1. The zero-order valence-corrected chi connectivity index (χ0v) is 13.2. The van der Waals surface area contributed by atoms with E-state index < -0.39 is 18.2 Å². The van der Waals surface area contributed by atoms with E-state index in [4.69, 9.17) is 15.0 Å². The van der Waals surface area contributed by atoms with Crippen molar-refractivity contribution in [3.63, 3.8) is 0 Å². The number of hydrogen-bond acceptors (Lipinski definition) is 4. The van der Waals surface area contributed by atoms with Gasteiger partial charge in [-0.25, -0.2) is 9.59 Å². The van der Waals surface area contributed by atoms with Crippen LogP contribution in [0.4, 0.5) is 29.3 Å². The molecule has 1 saturated heterocycles. The number of anilines is 2. The Hall–Kier alpha value is -2.65. The van der Waals surface area contributed by atoms with Crippen molar-refractivity contribution >= 4 is 23.4 Å². The van der Waals surface area contributed by atoms with Gasteiger partial charge in [0.2, 0.25) is 0 Å². The number of carboxylic acid groups (broad SMARTS) is 2. The van der Waals surface area contributed by atoms with Gasteiger partial charge in [0.25, 0.3) is 0 Å². The molecule has 3 rings (SSSR count). The molecule has 1 fully saturated rings. The minimum atomic E-state index is -5.08. The number of nitrogens with zero attached hydrogens (tertiary/aromatic N) is 2. The van der Waals surface area contributed by atoms with Crippen LogP contribution in [0.15, 0.2) is 18.2 Å². The fourth-order valence-electron chi connectivity index (χ4n) is 2.76. The van der Waals surface area contributed by atoms with Crippen LogP contribution in [0.3, 0.4) is 0 Å². The molecule has 1 amide bonds. The molecule has 1 aromatic rings. The molecule has 1 aromatic carbocycles. The molecular weight excluding hydrogens is 343 g/mol. The number of aliphatic carboxylic acids is 1. The summed E-state index contributed by atoms with van der Waals surface area (Å²) in [6.07, 6.45) is -4.83. The molecule has 7 nitrogen and oxygen atoms in total. The third-order valence-corrected chi connectivity index (χ3v) is 3.98. The minimum Gasteiger partial charge on any atom is -0.475 e. The molecule has 0 bridgehead atoms. The first-order chi connectivity index (χ1) is 11.7. The van der Waals surface area contributed by atoms with Crippen molar-refractivity contribution in [3.8, 4) is 0 Å². The summed E-state index contributed by atoms with van der Waals surface area (Å²) in [4.78, 5) is 23.6. The van der Waals surface area contributed by atoms with Gasteiger partial charge in [0.05, 0.1) is 0 Å². The zero-order chi connectivity index (χ0) is 18.6. The second-order valence-electron chi connectivity index (χ2n) is 5.54. The van der Waals surface area contributed by atoms with Crippen molar-refractivity contribution < 1.29 is 33.0 Å². The molecule has 0 spiro atoms. The molecule has 3 N–H and O–H groups in total. The molecule has 10 heteroatoms. The Balaban J connectivity index is 0.000000277. The highest BCUT2D eigenvalue weighted by molar-refractivity contribution is 5.73. The SMILES string of the molecule is O=C(O)C(F)(F)F.O=C(O)N1CCN(c2cccc3c2CCN3)CC1. The Kier molecular flexibility index (Phi) is 5.60. The molecule has 0 aliphatic carbocycles. The molecule has 138 valence electrons.